The molecule has 0 N–H and O–H groups in total. The van der Waals surface area contributed by atoms with Crippen LogP contribution >= 0.6 is 0 Å². The molecule has 0 heterocycles. The lowest BCUT2D eigenvalue weighted by Gasteiger charge is -2.27. The number of likely N-dealkylation sites (N-methyl/N-ethyl adjacent to an activating group) is 1. The number of hydrogen-bond acceptors (Lipinski definition) is 1. The monoisotopic (exact) mass is 263 g/mol. The fourth-order valence-corrected chi connectivity index (χ4v) is 3.19. The van der Waals surface area contributed by atoms with Crippen LogP contribution in [0.4, 0.5) is 5.69 Å². The number of rotatable bonds is 3. The Kier molecular flexibility index (Phi) is 3.35. The first-order valence-electron chi connectivity index (χ1n) is 7.35. The highest BCUT2D eigenvalue weighted by atomic mass is 15.1. The molecule has 0 aromatic heterocycles. The Hall–Kier alpha value is -2.02. The van der Waals surface area contributed by atoms with Gasteiger partial charge in [0.15, 0.2) is 0 Å². The van der Waals surface area contributed by atoms with E-state index in [0.29, 0.717) is 0 Å². The van der Waals surface area contributed by atoms with E-state index in [-0.39, 0.29) is 0 Å². The van der Waals surface area contributed by atoms with Gasteiger partial charge in [0.25, 0.3) is 0 Å². The summed E-state index contributed by atoms with van der Waals surface area (Å²) < 4.78 is 0. The van der Waals surface area contributed by atoms with Crippen molar-refractivity contribution in [3.8, 4) is 0 Å². The van der Waals surface area contributed by atoms with Crippen molar-refractivity contribution < 1.29 is 0 Å². The summed E-state index contributed by atoms with van der Waals surface area (Å²) in [4.78, 5) is 2.42. The van der Waals surface area contributed by atoms with Gasteiger partial charge in [0, 0.05) is 23.3 Å². The van der Waals surface area contributed by atoms with Crippen LogP contribution in [0.15, 0.2) is 65.9 Å². The lowest BCUT2D eigenvalue weighted by atomic mass is 10.1. The third kappa shape index (κ3) is 2.03. The molecule has 0 saturated heterocycles. The van der Waals surface area contributed by atoms with Crippen molar-refractivity contribution in [3.05, 3.63) is 65.9 Å². The second-order valence-corrected chi connectivity index (χ2v) is 5.48. The Balaban J connectivity index is 2.18. The van der Waals surface area contributed by atoms with E-state index in [1.165, 1.54) is 33.3 Å². The largest absolute Gasteiger partial charge is 0.341 e. The van der Waals surface area contributed by atoms with E-state index in [2.05, 4.69) is 67.8 Å². The van der Waals surface area contributed by atoms with Gasteiger partial charge in [-0.2, -0.15) is 0 Å². The average Bonchev–Trinajstić information content (AvgIpc) is 2.81. The van der Waals surface area contributed by atoms with Crippen molar-refractivity contribution in [2.75, 3.05) is 11.4 Å². The summed E-state index contributed by atoms with van der Waals surface area (Å²) in [5.74, 6) is 0. The second kappa shape index (κ2) is 5.16. The van der Waals surface area contributed by atoms with E-state index < -0.39 is 0 Å². The molecule has 3 rings (SSSR count). The molecule has 1 aliphatic carbocycles. The highest BCUT2D eigenvalue weighted by molar-refractivity contribution is 5.95. The van der Waals surface area contributed by atoms with Gasteiger partial charge in [-0.1, -0.05) is 43.0 Å². The van der Waals surface area contributed by atoms with E-state index in [9.17, 15) is 0 Å². The van der Waals surface area contributed by atoms with E-state index in [1.54, 1.807) is 0 Å². The van der Waals surface area contributed by atoms with E-state index in [0.717, 1.165) is 19.4 Å². The van der Waals surface area contributed by atoms with Crippen LogP contribution < -0.4 is 4.90 Å². The van der Waals surface area contributed by atoms with Crippen molar-refractivity contribution in [2.45, 2.75) is 26.7 Å². The van der Waals surface area contributed by atoms with E-state index in [4.69, 9.17) is 0 Å². The van der Waals surface area contributed by atoms with Crippen LogP contribution in [0, 0.1) is 0 Å². The number of hydrogen-bond donors (Lipinski definition) is 0. The minimum absolute atomic E-state index is 0.972. The third-order valence-electron chi connectivity index (χ3n) is 4.18. The first-order chi connectivity index (χ1) is 9.72. The van der Waals surface area contributed by atoms with Gasteiger partial charge in [0.2, 0.25) is 0 Å². The lowest BCUT2D eigenvalue weighted by molar-refractivity contribution is 0.963. The molecular formula is C19H21N. The van der Waals surface area contributed by atoms with Crippen molar-refractivity contribution in [3.63, 3.8) is 0 Å². The molecule has 0 aliphatic heterocycles. The second-order valence-electron chi connectivity index (χ2n) is 5.48. The Bertz CT molecular complexity index is 688. The molecule has 0 radical (unpaired) electrons. The van der Waals surface area contributed by atoms with Crippen molar-refractivity contribution in [1.82, 2.24) is 0 Å². The van der Waals surface area contributed by atoms with Gasteiger partial charge in [-0.3, -0.25) is 0 Å². The molecule has 0 fully saturated rings. The van der Waals surface area contributed by atoms with Gasteiger partial charge < -0.3 is 4.90 Å². The summed E-state index contributed by atoms with van der Waals surface area (Å²) in [6.07, 6.45) is 2.25. The molecule has 1 nitrogen and oxygen atoms in total. The number of fused-ring (bicyclic) bond motifs is 1. The molecule has 1 heteroatoms. The normalized spacial score (nSPS) is 15.2. The third-order valence-corrected chi connectivity index (χ3v) is 4.18. The molecule has 0 saturated carbocycles. The van der Waals surface area contributed by atoms with Crippen LogP contribution in [0.25, 0.3) is 10.8 Å². The molecule has 2 aromatic rings. The molecule has 0 spiro atoms. The zero-order valence-electron chi connectivity index (χ0n) is 12.3. The lowest BCUT2D eigenvalue weighted by Crippen LogP contribution is -2.22. The van der Waals surface area contributed by atoms with Gasteiger partial charge in [-0.05, 0) is 49.3 Å². The van der Waals surface area contributed by atoms with Crippen LogP contribution in [0.1, 0.15) is 26.7 Å². The van der Waals surface area contributed by atoms with Crippen molar-refractivity contribution >= 4 is 16.5 Å². The number of nitrogens with zero attached hydrogens (tertiary/aromatic N) is 1. The average molecular weight is 263 g/mol. The van der Waals surface area contributed by atoms with Crippen LogP contribution in [0.3, 0.4) is 0 Å². The van der Waals surface area contributed by atoms with E-state index >= 15 is 0 Å². The maximum absolute atomic E-state index is 4.26. The van der Waals surface area contributed by atoms with Crippen LogP contribution in [0.5, 0.6) is 0 Å². The summed E-state index contributed by atoms with van der Waals surface area (Å²) in [5, 5.41) is 2.61. The standard InChI is InChI=1S/C19H21N/c1-4-20(19-14(2)12-13-15(19)3)18-11-7-9-16-8-5-6-10-17(16)18/h5-11H,2,4,12-13H2,1,3H3. The van der Waals surface area contributed by atoms with Gasteiger partial charge in [-0.15, -0.1) is 0 Å². The topological polar surface area (TPSA) is 3.24 Å². The molecule has 2 aromatic carbocycles. The van der Waals surface area contributed by atoms with Gasteiger partial charge in [0.05, 0.1) is 0 Å². The van der Waals surface area contributed by atoms with Crippen molar-refractivity contribution in [2.24, 2.45) is 0 Å². The zero-order chi connectivity index (χ0) is 14.1. The smallest absolute Gasteiger partial charge is 0.0490 e. The van der Waals surface area contributed by atoms with E-state index in [1.807, 2.05) is 0 Å². The van der Waals surface area contributed by atoms with Crippen LogP contribution in [-0.2, 0) is 0 Å². The predicted molar refractivity (Wildman–Crippen MR) is 88.0 cm³/mol. The molecule has 0 amide bonds. The Morgan fingerprint density at radius 3 is 2.50 bits per heavy atom. The fraction of sp³-hybridized carbons (Fsp3) is 0.263. The summed E-state index contributed by atoms with van der Waals surface area (Å²) in [6.45, 7) is 9.69. The molecule has 20 heavy (non-hydrogen) atoms. The van der Waals surface area contributed by atoms with Crippen molar-refractivity contribution in [1.29, 1.82) is 0 Å². The van der Waals surface area contributed by atoms with Crippen LogP contribution in [0.2, 0.25) is 0 Å². The molecular weight excluding hydrogens is 242 g/mol. The fourth-order valence-electron chi connectivity index (χ4n) is 3.19. The number of allylic oxidation sites excluding steroid dienone is 2. The summed E-state index contributed by atoms with van der Waals surface area (Å²) in [5.41, 5.74) is 5.38. The summed E-state index contributed by atoms with van der Waals surface area (Å²) in [7, 11) is 0. The SMILES string of the molecule is C=C1CCC(C)=C1N(CC)c1cccc2ccccc12. The maximum Gasteiger partial charge on any atom is 0.0490 e. The quantitative estimate of drug-likeness (QED) is 0.727. The molecule has 0 bridgehead atoms. The molecule has 102 valence electrons. The number of anilines is 1. The molecule has 0 unspecified atom stereocenters. The number of benzene rings is 2. The Morgan fingerprint density at radius 1 is 1.05 bits per heavy atom. The summed E-state index contributed by atoms with van der Waals surface area (Å²) in [6, 6.07) is 15.1. The summed E-state index contributed by atoms with van der Waals surface area (Å²) >= 11 is 0. The predicted octanol–water partition coefficient (Wildman–Crippen LogP) is 5.29. The first kappa shape index (κ1) is 13.0. The zero-order valence-corrected chi connectivity index (χ0v) is 12.3. The highest BCUT2D eigenvalue weighted by Crippen LogP contribution is 2.37. The van der Waals surface area contributed by atoms with Crippen LogP contribution in [-0.4, -0.2) is 6.54 Å². The Labute approximate surface area is 121 Å². The Morgan fingerprint density at radius 2 is 1.80 bits per heavy atom. The minimum Gasteiger partial charge on any atom is -0.341 e. The first-order valence-corrected chi connectivity index (χ1v) is 7.35. The maximum atomic E-state index is 4.26. The minimum atomic E-state index is 0.972. The highest BCUT2D eigenvalue weighted by Gasteiger charge is 2.22. The van der Waals surface area contributed by atoms with Gasteiger partial charge >= 0.3 is 0 Å². The van der Waals surface area contributed by atoms with Gasteiger partial charge in [-0.25, -0.2) is 0 Å². The van der Waals surface area contributed by atoms with Gasteiger partial charge in [0.1, 0.15) is 0 Å². The molecule has 0 atom stereocenters. The molecule has 1 aliphatic rings.